The summed E-state index contributed by atoms with van der Waals surface area (Å²) in [7, 11) is 1.28. The van der Waals surface area contributed by atoms with Gasteiger partial charge in [0.15, 0.2) is 0 Å². The molecule has 0 fully saturated rings. The quantitative estimate of drug-likeness (QED) is 0.696. The Labute approximate surface area is 142 Å². The number of hydrogen-bond acceptors (Lipinski definition) is 4. The second-order valence-electron chi connectivity index (χ2n) is 5.63. The Kier molecular flexibility index (Phi) is 4.56. The molecule has 130 valence electrons. The lowest BCUT2D eigenvalue weighted by Gasteiger charge is -2.12. The predicted molar refractivity (Wildman–Crippen MR) is 88.7 cm³/mol. The van der Waals surface area contributed by atoms with E-state index in [4.69, 9.17) is 9.15 Å². The molecule has 1 aromatic carbocycles. The highest BCUT2D eigenvalue weighted by Crippen LogP contribution is 2.33. The average molecular weight is 344 g/mol. The molecule has 2 N–H and O–H groups in total. The molecule has 0 bridgehead atoms. The first-order chi connectivity index (χ1) is 12.0. The highest BCUT2D eigenvalue weighted by molar-refractivity contribution is 5.71. The van der Waals surface area contributed by atoms with Crippen molar-refractivity contribution in [2.24, 2.45) is 0 Å². The van der Waals surface area contributed by atoms with Gasteiger partial charge >= 0.3 is 5.97 Å². The van der Waals surface area contributed by atoms with Crippen LogP contribution in [0, 0.1) is 12.7 Å². The summed E-state index contributed by atoms with van der Waals surface area (Å²) in [5.41, 5.74) is 0.961. The van der Waals surface area contributed by atoms with Gasteiger partial charge in [0.1, 0.15) is 17.3 Å². The van der Waals surface area contributed by atoms with Crippen LogP contribution in [0.2, 0.25) is 0 Å². The van der Waals surface area contributed by atoms with E-state index in [-0.39, 0.29) is 12.0 Å². The third-order valence-electron chi connectivity index (χ3n) is 4.07. The molecule has 3 aromatic rings. The summed E-state index contributed by atoms with van der Waals surface area (Å²) in [4.78, 5) is 23.9. The highest BCUT2D eigenvalue weighted by atomic mass is 19.1. The molecule has 25 heavy (non-hydrogen) atoms. The van der Waals surface area contributed by atoms with E-state index in [2.05, 4.69) is 10.2 Å². The number of aryl methyl sites for hydroxylation is 1. The molecule has 0 saturated heterocycles. The minimum atomic E-state index is -0.636. The highest BCUT2D eigenvalue weighted by Gasteiger charge is 2.27. The molecule has 6 nitrogen and oxygen atoms in total. The number of rotatable bonds is 5. The fourth-order valence-electron chi connectivity index (χ4n) is 2.82. The number of esters is 1. The summed E-state index contributed by atoms with van der Waals surface area (Å²) in [5, 5.41) is 5.23. The second kappa shape index (κ2) is 6.80. The Balaban J connectivity index is 2.04. The van der Waals surface area contributed by atoms with Crippen LogP contribution in [0.4, 0.5) is 4.39 Å². The van der Waals surface area contributed by atoms with Gasteiger partial charge in [-0.2, -0.15) is 0 Å². The molecule has 2 aromatic heterocycles. The number of aromatic amines is 2. The number of aromatic nitrogens is 2. The third-order valence-corrected chi connectivity index (χ3v) is 4.07. The van der Waals surface area contributed by atoms with Crippen LogP contribution < -0.4 is 5.56 Å². The van der Waals surface area contributed by atoms with Gasteiger partial charge < -0.3 is 14.3 Å². The van der Waals surface area contributed by atoms with Crippen molar-refractivity contribution in [2.45, 2.75) is 19.3 Å². The summed E-state index contributed by atoms with van der Waals surface area (Å²) in [5.74, 6) is -0.815. The van der Waals surface area contributed by atoms with E-state index in [9.17, 15) is 14.0 Å². The zero-order valence-electron chi connectivity index (χ0n) is 13.8. The Morgan fingerprint density at radius 3 is 2.64 bits per heavy atom. The summed E-state index contributed by atoms with van der Waals surface area (Å²) < 4.78 is 24.5. The van der Waals surface area contributed by atoms with Crippen LogP contribution in [0.5, 0.6) is 0 Å². The lowest BCUT2D eigenvalue weighted by molar-refractivity contribution is -0.140. The van der Waals surface area contributed by atoms with Crippen molar-refractivity contribution in [2.75, 3.05) is 7.11 Å². The second-order valence-corrected chi connectivity index (χ2v) is 5.63. The van der Waals surface area contributed by atoms with Crippen molar-refractivity contribution in [1.82, 2.24) is 10.2 Å². The van der Waals surface area contributed by atoms with Gasteiger partial charge in [0, 0.05) is 5.69 Å². The number of nitrogens with one attached hydrogen (secondary N) is 2. The maximum atomic E-state index is 14.0. The average Bonchev–Trinajstić information content (AvgIpc) is 3.21. The third kappa shape index (κ3) is 3.26. The summed E-state index contributed by atoms with van der Waals surface area (Å²) in [6.07, 6.45) is -0.0670. The smallest absolute Gasteiger partial charge is 0.306 e. The van der Waals surface area contributed by atoms with Crippen LogP contribution in [-0.2, 0) is 9.53 Å². The molecular weight excluding hydrogens is 327 g/mol. The minimum Gasteiger partial charge on any atom is -0.469 e. The molecule has 2 heterocycles. The molecule has 0 aliphatic heterocycles. The van der Waals surface area contributed by atoms with Crippen molar-refractivity contribution in [3.63, 3.8) is 0 Å². The molecule has 7 heteroatoms. The lowest BCUT2D eigenvalue weighted by Crippen LogP contribution is -2.16. The Hall–Kier alpha value is -3.09. The molecule has 0 radical (unpaired) electrons. The molecule has 3 rings (SSSR count). The van der Waals surface area contributed by atoms with Gasteiger partial charge in [0.25, 0.3) is 5.56 Å². The molecule has 0 aliphatic carbocycles. The summed E-state index contributed by atoms with van der Waals surface area (Å²) >= 11 is 0. The monoisotopic (exact) mass is 344 g/mol. The summed E-state index contributed by atoms with van der Waals surface area (Å²) in [6, 6.07) is 9.49. The van der Waals surface area contributed by atoms with Crippen LogP contribution >= 0.6 is 0 Å². The number of ether oxygens (including phenoxy) is 1. The van der Waals surface area contributed by atoms with E-state index in [0.717, 1.165) is 0 Å². The van der Waals surface area contributed by atoms with E-state index in [0.29, 0.717) is 28.3 Å². The van der Waals surface area contributed by atoms with Crippen LogP contribution in [0.25, 0.3) is 11.3 Å². The molecular formula is C18H17FN2O4. The zero-order valence-corrected chi connectivity index (χ0v) is 13.8. The first kappa shape index (κ1) is 16.8. The van der Waals surface area contributed by atoms with Gasteiger partial charge in [0.05, 0.1) is 30.6 Å². The van der Waals surface area contributed by atoms with Gasteiger partial charge in [0.2, 0.25) is 0 Å². The number of benzene rings is 1. The lowest BCUT2D eigenvalue weighted by atomic mass is 9.93. The predicted octanol–water partition coefficient (Wildman–Crippen LogP) is 3.11. The van der Waals surface area contributed by atoms with E-state index in [1.54, 1.807) is 37.3 Å². The van der Waals surface area contributed by atoms with Gasteiger partial charge in [-0.1, -0.05) is 12.1 Å². The van der Waals surface area contributed by atoms with Crippen molar-refractivity contribution in [3.8, 4) is 11.3 Å². The van der Waals surface area contributed by atoms with Crippen LogP contribution in [0.3, 0.4) is 0 Å². The van der Waals surface area contributed by atoms with E-state index < -0.39 is 17.7 Å². The van der Waals surface area contributed by atoms with Crippen LogP contribution in [0.15, 0.2) is 45.6 Å². The number of furan rings is 1. The Morgan fingerprint density at radius 1 is 1.24 bits per heavy atom. The standard InChI is InChI=1S/C18H17FN2O4/c1-10-17(18(23)21-20-10)12(9-16(22)24-2)15-8-7-14(25-15)11-5-3-4-6-13(11)19/h3-8,12H,9H2,1-2H3,(H2,20,21,23)/t12-/m0/s1. The number of methoxy groups -OCH3 is 1. The largest absolute Gasteiger partial charge is 0.469 e. The van der Waals surface area contributed by atoms with Crippen molar-refractivity contribution in [3.05, 3.63) is 69.6 Å². The minimum absolute atomic E-state index is 0.0670. The van der Waals surface area contributed by atoms with Gasteiger partial charge in [-0.05, 0) is 31.2 Å². The van der Waals surface area contributed by atoms with Crippen LogP contribution in [-0.4, -0.2) is 23.3 Å². The number of halogens is 1. The number of H-pyrrole nitrogens is 2. The first-order valence-electron chi connectivity index (χ1n) is 7.70. The van der Waals surface area contributed by atoms with Crippen molar-refractivity contribution >= 4 is 5.97 Å². The normalized spacial score (nSPS) is 12.1. The van der Waals surface area contributed by atoms with E-state index in [1.165, 1.54) is 13.2 Å². The molecule has 0 aliphatic rings. The maximum absolute atomic E-state index is 14.0. The molecule has 1 atom stereocenters. The fraction of sp³-hybridized carbons (Fsp3) is 0.222. The SMILES string of the molecule is COC(=O)C[C@@H](c1ccc(-c2ccccc2F)o1)c1c(C)[nH][nH]c1=O. The number of carbonyl (C=O) groups excluding carboxylic acids is 1. The van der Waals surface area contributed by atoms with Crippen molar-refractivity contribution < 1.29 is 18.3 Å². The first-order valence-corrected chi connectivity index (χ1v) is 7.70. The Morgan fingerprint density at radius 2 is 2.00 bits per heavy atom. The van der Waals surface area contributed by atoms with Crippen LogP contribution in [0.1, 0.15) is 29.4 Å². The van der Waals surface area contributed by atoms with E-state index >= 15 is 0 Å². The van der Waals surface area contributed by atoms with Gasteiger partial charge in [-0.25, -0.2) is 4.39 Å². The van der Waals surface area contributed by atoms with E-state index in [1.807, 2.05) is 0 Å². The van der Waals surface area contributed by atoms with Gasteiger partial charge in [-0.15, -0.1) is 0 Å². The fourth-order valence-corrected chi connectivity index (χ4v) is 2.82. The number of carbonyl (C=O) groups is 1. The Bertz CT molecular complexity index is 954. The molecule has 0 saturated carbocycles. The van der Waals surface area contributed by atoms with Crippen molar-refractivity contribution in [1.29, 1.82) is 0 Å². The topological polar surface area (TPSA) is 88.1 Å². The summed E-state index contributed by atoms with van der Waals surface area (Å²) in [6.45, 7) is 1.72. The molecule has 0 spiro atoms. The number of hydrogen-bond donors (Lipinski definition) is 2. The zero-order chi connectivity index (χ0) is 18.0. The molecule has 0 unspecified atom stereocenters. The molecule has 0 amide bonds. The maximum Gasteiger partial charge on any atom is 0.306 e. The van der Waals surface area contributed by atoms with Gasteiger partial charge in [-0.3, -0.25) is 14.7 Å².